The number of amidine groups is 1. The Hall–Kier alpha value is -4.50. The van der Waals surface area contributed by atoms with Crippen molar-refractivity contribution in [2.75, 3.05) is 20.3 Å². The first-order valence-electron chi connectivity index (χ1n) is 14.2. The van der Waals surface area contributed by atoms with Gasteiger partial charge in [0.25, 0.3) is 0 Å². The quantitative estimate of drug-likeness (QED) is 0.294. The van der Waals surface area contributed by atoms with Crippen molar-refractivity contribution in [3.05, 3.63) is 102 Å². The average molecular weight is 549 g/mol. The van der Waals surface area contributed by atoms with Crippen LogP contribution < -0.4 is 0 Å². The van der Waals surface area contributed by atoms with Gasteiger partial charge in [-0.15, -0.1) is 5.10 Å². The number of hydrogen-bond acceptors (Lipinski definition) is 8. The molecule has 0 radical (unpaired) electrons. The van der Waals surface area contributed by atoms with Crippen LogP contribution in [0.1, 0.15) is 31.4 Å². The first kappa shape index (κ1) is 26.7. The topological polar surface area (TPSA) is 85.8 Å². The number of rotatable bonds is 10. The summed E-state index contributed by atoms with van der Waals surface area (Å²) in [5.41, 5.74) is 6.91. The van der Waals surface area contributed by atoms with Crippen LogP contribution in [0.4, 0.5) is 0 Å². The number of hydrogen-bond donors (Lipinski definition) is 1. The molecule has 1 N–H and O–H groups in total. The van der Waals surface area contributed by atoms with Crippen molar-refractivity contribution in [3.8, 4) is 22.5 Å². The molecule has 2 aliphatic rings. The number of ether oxygens (including phenoxy) is 1. The molecule has 210 valence electrons. The molecule has 3 heterocycles. The lowest BCUT2D eigenvalue weighted by Gasteiger charge is -2.40. The van der Waals surface area contributed by atoms with Gasteiger partial charge in [0, 0.05) is 32.0 Å². The Bertz CT molecular complexity index is 1500. The van der Waals surface area contributed by atoms with Gasteiger partial charge < -0.3 is 19.4 Å². The fraction of sp³-hybridized carbons (Fsp3) is 0.312. The second kappa shape index (κ2) is 11.9. The van der Waals surface area contributed by atoms with Crippen LogP contribution in [-0.2, 0) is 17.7 Å². The highest BCUT2D eigenvalue weighted by Crippen LogP contribution is 2.33. The molecule has 0 fully saturated rings. The number of nitrogens with one attached hydrogen (secondary N) is 1. The van der Waals surface area contributed by atoms with Crippen molar-refractivity contribution >= 4 is 5.84 Å². The Kier molecular flexibility index (Phi) is 7.78. The van der Waals surface area contributed by atoms with Gasteiger partial charge in [0.1, 0.15) is 12.4 Å². The molecule has 3 aromatic carbocycles. The summed E-state index contributed by atoms with van der Waals surface area (Å²) in [7, 11) is 1.76. The molecule has 1 aromatic heterocycles. The molecular formula is C32H36N8O. The Morgan fingerprint density at radius 3 is 2.41 bits per heavy atom. The van der Waals surface area contributed by atoms with Gasteiger partial charge in [-0.2, -0.15) is 0 Å². The van der Waals surface area contributed by atoms with E-state index in [1.807, 2.05) is 18.2 Å². The number of tetrazole rings is 1. The summed E-state index contributed by atoms with van der Waals surface area (Å²) in [5.74, 6) is 1.74. The van der Waals surface area contributed by atoms with Gasteiger partial charge in [-0.3, -0.25) is 0 Å². The van der Waals surface area contributed by atoms with Gasteiger partial charge in [-0.05, 0) is 52.4 Å². The lowest BCUT2D eigenvalue weighted by molar-refractivity contribution is -0.0112. The van der Waals surface area contributed by atoms with Gasteiger partial charge in [0.2, 0.25) is 0 Å². The minimum atomic E-state index is -0.0373. The van der Waals surface area contributed by atoms with Gasteiger partial charge >= 0.3 is 0 Å². The first-order chi connectivity index (χ1) is 20.1. The van der Waals surface area contributed by atoms with Crippen LogP contribution in [0.3, 0.4) is 0 Å². The lowest BCUT2D eigenvalue weighted by Crippen LogP contribution is -2.49. The molecule has 41 heavy (non-hydrogen) atoms. The monoisotopic (exact) mass is 548 g/mol. The second-order valence-corrected chi connectivity index (χ2v) is 10.5. The van der Waals surface area contributed by atoms with E-state index in [2.05, 4.69) is 116 Å². The number of aromatic nitrogens is 4. The zero-order valence-electron chi connectivity index (χ0n) is 23.8. The maximum Gasteiger partial charge on any atom is 0.180 e. The van der Waals surface area contributed by atoms with Crippen molar-refractivity contribution in [3.63, 3.8) is 0 Å². The number of aliphatic imine (C=N–C) groups is 1. The maximum atomic E-state index is 5.73. The molecule has 2 aliphatic heterocycles. The average Bonchev–Trinajstić information content (AvgIpc) is 3.69. The van der Waals surface area contributed by atoms with E-state index in [-0.39, 0.29) is 12.4 Å². The van der Waals surface area contributed by atoms with Crippen LogP contribution >= 0.6 is 0 Å². The van der Waals surface area contributed by atoms with E-state index in [1.54, 1.807) is 7.11 Å². The van der Waals surface area contributed by atoms with Crippen molar-refractivity contribution in [2.24, 2.45) is 4.99 Å². The van der Waals surface area contributed by atoms with E-state index in [4.69, 9.17) is 9.73 Å². The van der Waals surface area contributed by atoms with Crippen molar-refractivity contribution in [2.45, 2.75) is 45.6 Å². The van der Waals surface area contributed by atoms with Crippen LogP contribution in [0.5, 0.6) is 0 Å². The molecule has 9 nitrogen and oxygen atoms in total. The SMILES string of the molecule is CCC1N=C2C(=CN(C(C)OC)CN2CCc2ccccc2)N1Cc1ccc(-c2ccccc2-c2nnn[nH]2)cc1. The molecule has 0 spiro atoms. The molecule has 0 aliphatic carbocycles. The number of benzene rings is 3. The molecule has 9 heteroatoms. The molecule has 2 unspecified atom stereocenters. The predicted molar refractivity (Wildman–Crippen MR) is 160 cm³/mol. The molecule has 0 saturated heterocycles. The molecule has 6 rings (SSSR count). The number of fused-ring (bicyclic) bond motifs is 1. The van der Waals surface area contributed by atoms with Crippen molar-refractivity contribution < 1.29 is 4.74 Å². The van der Waals surface area contributed by atoms with Gasteiger partial charge in [-0.25, -0.2) is 10.1 Å². The normalized spacial score (nSPS) is 17.3. The van der Waals surface area contributed by atoms with E-state index >= 15 is 0 Å². The zero-order valence-corrected chi connectivity index (χ0v) is 23.8. The number of nitrogens with zero attached hydrogens (tertiary/aromatic N) is 7. The van der Waals surface area contributed by atoms with Crippen molar-refractivity contribution in [1.29, 1.82) is 0 Å². The number of aromatic amines is 1. The third-order valence-corrected chi connectivity index (χ3v) is 7.92. The summed E-state index contributed by atoms with van der Waals surface area (Å²) < 4.78 is 5.73. The summed E-state index contributed by atoms with van der Waals surface area (Å²) in [6.45, 7) is 6.72. The highest BCUT2D eigenvalue weighted by Gasteiger charge is 2.37. The lowest BCUT2D eigenvalue weighted by atomic mass is 9.98. The fourth-order valence-electron chi connectivity index (χ4n) is 5.55. The largest absolute Gasteiger partial charge is 0.362 e. The summed E-state index contributed by atoms with van der Waals surface area (Å²) in [6, 6.07) is 27.6. The van der Waals surface area contributed by atoms with Crippen LogP contribution in [0.25, 0.3) is 22.5 Å². The summed E-state index contributed by atoms with van der Waals surface area (Å²) in [4.78, 5) is 12.3. The molecule has 0 saturated carbocycles. The summed E-state index contributed by atoms with van der Waals surface area (Å²) >= 11 is 0. The molecular weight excluding hydrogens is 512 g/mol. The van der Waals surface area contributed by atoms with Gasteiger partial charge in [0.05, 0.1) is 12.4 Å². The first-order valence-corrected chi connectivity index (χ1v) is 14.2. The summed E-state index contributed by atoms with van der Waals surface area (Å²) in [6.07, 6.45) is 4.19. The van der Waals surface area contributed by atoms with E-state index in [1.165, 1.54) is 11.1 Å². The Labute approximate surface area is 241 Å². The molecule has 4 aromatic rings. The van der Waals surface area contributed by atoms with E-state index in [9.17, 15) is 0 Å². The molecule has 0 bridgehead atoms. The third-order valence-electron chi connectivity index (χ3n) is 7.92. The van der Waals surface area contributed by atoms with Crippen LogP contribution in [0.15, 0.2) is 95.8 Å². The third kappa shape index (κ3) is 5.58. The fourth-order valence-corrected chi connectivity index (χ4v) is 5.55. The highest BCUT2D eigenvalue weighted by molar-refractivity contribution is 6.00. The standard InChI is InChI=1S/C32H36N8O/c1-4-30-33-32-29(21-39(23(2)41-3)22-38(32)19-18-24-10-6-5-7-11-24)40(30)20-25-14-16-26(17-15-25)27-12-8-9-13-28(27)31-34-36-37-35-31/h5-17,21,23,30H,4,18-20,22H2,1-3H3,(H,34,35,36,37). The van der Waals surface area contributed by atoms with E-state index < -0.39 is 0 Å². The Morgan fingerprint density at radius 1 is 0.951 bits per heavy atom. The minimum Gasteiger partial charge on any atom is -0.362 e. The minimum absolute atomic E-state index is 0.0373. The zero-order chi connectivity index (χ0) is 28.2. The van der Waals surface area contributed by atoms with E-state index in [0.717, 1.165) is 60.8 Å². The van der Waals surface area contributed by atoms with E-state index in [0.29, 0.717) is 5.82 Å². The van der Waals surface area contributed by atoms with Crippen molar-refractivity contribution in [1.82, 2.24) is 35.3 Å². The van der Waals surface area contributed by atoms with Gasteiger partial charge in [-0.1, -0.05) is 85.8 Å². The van der Waals surface area contributed by atoms with Crippen LogP contribution in [0, 0.1) is 0 Å². The van der Waals surface area contributed by atoms with Crippen LogP contribution in [0.2, 0.25) is 0 Å². The number of H-pyrrole nitrogens is 1. The second-order valence-electron chi connectivity index (χ2n) is 10.5. The smallest absolute Gasteiger partial charge is 0.180 e. The van der Waals surface area contributed by atoms with Gasteiger partial charge in [0.15, 0.2) is 11.7 Å². The van der Waals surface area contributed by atoms with Crippen LogP contribution in [-0.4, -0.2) is 73.9 Å². The Balaban J connectivity index is 1.24. The number of methoxy groups -OCH3 is 1. The predicted octanol–water partition coefficient (Wildman–Crippen LogP) is 5.14. The maximum absolute atomic E-state index is 5.73. The molecule has 2 atom stereocenters. The highest BCUT2D eigenvalue weighted by atomic mass is 16.5. The Morgan fingerprint density at radius 2 is 1.71 bits per heavy atom. The summed E-state index contributed by atoms with van der Waals surface area (Å²) in [5, 5.41) is 14.5. The molecule has 0 amide bonds.